The fourth-order valence-electron chi connectivity index (χ4n) is 5.66. The van der Waals surface area contributed by atoms with Crippen LogP contribution in [-0.4, -0.2) is 100 Å². The van der Waals surface area contributed by atoms with Gasteiger partial charge in [0.25, 0.3) is 0 Å². The summed E-state index contributed by atoms with van der Waals surface area (Å²) in [7, 11) is 1.83. The summed E-state index contributed by atoms with van der Waals surface area (Å²) in [5.41, 5.74) is 3.18. The van der Waals surface area contributed by atoms with Crippen LogP contribution in [0.3, 0.4) is 0 Å². The molecule has 0 aliphatic carbocycles. The maximum absolute atomic E-state index is 14.0. The zero-order valence-electron chi connectivity index (χ0n) is 29.1. The summed E-state index contributed by atoms with van der Waals surface area (Å²) >= 11 is -3.73. The van der Waals surface area contributed by atoms with E-state index in [1.165, 1.54) is 0 Å². The quantitative estimate of drug-likeness (QED) is 0.0726. The predicted octanol–water partition coefficient (Wildman–Crippen LogP) is 4.52. The molecule has 0 saturated carbocycles. The van der Waals surface area contributed by atoms with E-state index in [2.05, 4.69) is 9.05 Å². The van der Waals surface area contributed by atoms with Crippen molar-refractivity contribution in [1.29, 1.82) is 0 Å². The van der Waals surface area contributed by atoms with E-state index < -0.39 is 28.9 Å². The molecule has 0 fully saturated rings. The number of quaternary nitrogens is 2. The second-order valence-electron chi connectivity index (χ2n) is 13.1. The van der Waals surface area contributed by atoms with Crippen molar-refractivity contribution in [3.8, 4) is 0 Å². The van der Waals surface area contributed by atoms with Crippen molar-refractivity contribution >= 4 is 38.1 Å². The van der Waals surface area contributed by atoms with E-state index in [1.54, 1.807) is 0 Å². The summed E-state index contributed by atoms with van der Waals surface area (Å²) in [6.07, 6.45) is 1.06. The van der Waals surface area contributed by atoms with Crippen molar-refractivity contribution in [3.63, 3.8) is 0 Å². The Morgan fingerprint density at radius 2 is 0.979 bits per heavy atom. The molecule has 0 saturated heterocycles. The second-order valence-corrected chi connectivity index (χ2v) is 25.6. The number of hydrogen-bond donors (Lipinski definition) is 0. The van der Waals surface area contributed by atoms with Crippen molar-refractivity contribution in [2.45, 2.75) is 50.3 Å². The van der Waals surface area contributed by atoms with Crippen LogP contribution < -0.4 is 9.79 Å². The van der Waals surface area contributed by atoms with Crippen LogP contribution in [-0.2, 0) is 40.3 Å². The van der Waals surface area contributed by atoms with Gasteiger partial charge in [0.15, 0.2) is 0 Å². The molecule has 47 heavy (non-hydrogen) atoms. The van der Waals surface area contributed by atoms with Crippen LogP contribution in [0.15, 0.2) is 48.5 Å². The predicted molar refractivity (Wildman–Crippen MR) is 180 cm³/mol. The summed E-state index contributed by atoms with van der Waals surface area (Å²) in [5.74, 6) is 0. The third-order valence-electron chi connectivity index (χ3n) is 8.49. The molecule has 0 spiro atoms. The second kappa shape index (κ2) is 17.9. The number of rotatable bonds is 22. The summed E-state index contributed by atoms with van der Waals surface area (Å²) in [6, 6.07) is 15.0. The third kappa shape index (κ3) is 13.0. The molecular weight excluding hydrogens is 707 g/mol. The number of carbonyl (C=O) groups excluding carboxylic acids is 2. The first-order chi connectivity index (χ1) is 21.8. The summed E-state index contributed by atoms with van der Waals surface area (Å²) < 4.78 is 42.2. The number of carbonyl (C=O) groups is 2. The third-order valence-corrected chi connectivity index (χ3v) is 20.3. The van der Waals surface area contributed by atoms with Gasteiger partial charge in [-0.2, -0.15) is 0 Å². The van der Waals surface area contributed by atoms with Gasteiger partial charge in [0.2, 0.25) is 0 Å². The number of hydrogen-bond acceptors (Lipinski definition) is 10. The van der Waals surface area contributed by atoms with Gasteiger partial charge in [0, 0.05) is 14.2 Å². The van der Waals surface area contributed by atoms with E-state index in [0.717, 1.165) is 25.3 Å². The van der Waals surface area contributed by atoms with E-state index in [9.17, 15) is 28.5 Å². The van der Waals surface area contributed by atoms with Crippen LogP contribution in [0.5, 0.6) is 0 Å². The molecule has 2 aromatic rings. The molecule has 264 valence electrons. The minimum atomic E-state index is -4.23. The Morgan fingerprint density at radius 3 is 1.26 bits per heavy atom. The molecule has 0 aromatic heterocycles. The van der Waals surface area contributed by atoms with E-state index in [-0.39, 0.29) is 22.4 Å². The van der Waals surface area contributed by atoms with E-state index >= 15 is 0 Å². The van der Waals surface area contributed by atoms with Crippen LogP contribution >= 0.6 is 15.6 Å². The van der Waals surface area contributed by atoms with Gasteiger partial charge in [0.1, 0.15) is 0 Å². The van der Waals surface area contributed by atoms with Crippen molar-refractivity contribution in [2.24, 2.45) is 0 Å². The fraction of sp³-hybridized carbons (Fsp3) is 0.562. The topological polar surface area (TPSA) is 151 Å². The molecule has 2 rings (SSSR count). The van der Waals surface area contributed by atoms with Crippen molar-refractivity contribution < 1.29 is 55.6 Å². The summed E-state index contributed by atoms with van der Waals surface area (Å²) in [5, 5.41) is 1.10. The Labute approximate surface area is 282 Å². The van der Waals surface area contributed by atoms with Crippen molar-refractivity contribution in [3.05, 3.63) is 70.8 Å². The summed E-state index contributed by atoms with van der Waals surface area (Å²) in [6.45, 7) is 6.68. The van der Waals surface area contributed by atoms with E-state index in [0.29, 0.717) is 69.6 Å². The Bertz CT molecular complexity index is 1310. The number of phosphoric acid groups is 2. The molecule has 2 atom stereocenters. The summed E-state index contributed by atoms with van der Waals surface area (Å²) in [4.78, 5) is 50.8. The number of benzene rings is 2. The molecule has 2 unspecified atom stereocenters. The molecule has 0 amide bonds. The van der Waals surface area contributed by atoms with Gasteiger partial charge in [-0.25, -0.2) is 0 Å². The number of phosphoric ester groups is 2. The van der Waals surface area contributed by atoms with Crippen molar-refractivity contribution in [1.82, 2.24) is 0 Å². The molecule has 0 bridgehead atoms. The van der Waals surface area contributed by atoms with Gasteiger partial charge in [-0.05, 0) is 0 Å². The van der Waals surface area contributed by atoms with Gasteiger partial charge >= 0.3 is 241 Å². The van der Waals surface area contributed by atoms with Gasteiger partial charge in [-0.15, -0.1) is 0 Å². The van der Waals surface area contributed by atoms with Crippen LogP contribution in [0.25, 0.3) is 0 Å². The van der Waals surface area contributed by atoms with Gasteiger partial charge in [-0.3, -0.25) is 9.13 Å². The molecule has 0 radical (unpaired) electrons. The monoisotopic (exact) mass is 760 g/mol. The zero-order chi connectivity index (χ0) is 35.5. The minimum absolute atomic E-state index is 0.0159. The fourth-order valence-corrected chi connectivity index (χ4v) is 13.8. The van der Waals surface area contributed by atoms with Gasteiger partial charge in [0.05, 0.1) is 0 Å². The molecule has 2 aromatic carbocycles. The maximum atomic E-state index is 14.0. The van der Waals surface area contributed by atoms with Crippen LogP contribution in [0.2, 0.25) is 10.5 Å². The zero-order valence-corrected chi connectivity index (χ0v) is 32.9. The Hall–Kier alpha value is -1.54. The molecule has 0 heterocycles. The van der Waals surface area contributed by atoms with Crippen LogP contribution in [0.4, 0.5) is 0 Å². The first-order valence-corrected chi connectivity index (χ1v) is 23.8. The molecule has 0 aliphatic heterocycles. The van der Waals surface area contributed by atoms with Crippen LogP contribution in [0.1, 0.15) is 58.5 Å². The first kappa shape index (κ1) is 41.6. The number of nitrogens with zero attached hydrogens (tertiary/aromatic N) is 2. The molecule has 0 aliphatic rings. The molecule has 15 heteroatoms. The average Bonchev–Trinajstić information content (AvgIpc) is 3.02. The standard InChI is InChI=1S/C32H52GeN2O10P2/c1-9-33(10-2,31(36)29-17-13-27(14-18-29)25-34(3,4)21-11-23-44-46(38,39)42-7)32(37)30-19-15-28(16-20-30)26-35(5,6)22-12-24-45-47(40,41)43-8/h13-20H,9-12,21-26H2,1-8H3. The van der Waals surface area contributed by atoms with Gasteiger partial charge < -0.3 is 18.8 Å². The Balaban J connectivity index is 2.07. The average molecular weight is 759 g/mol. The van der Waals surface area contributed by atoms with Crippen molar-refractivity contribution in [2.75, 3.05) is 68.7 Å². The molecule has 12 nitrogen and oxygen atoms in total. The SMILES string of the molecule is C[CH2][Ge]([CH2]C)([C](=O)c1ccc(C[N+](C)(C)CCCOP(=O)([O-])OC)cc1)[C](=O)c1ccc(C[N+](C)(C)CCCOP(=O)([O-])OC)cc1. The van der Waals surface area contributed by atoms with E-state index in [4.69, 9.17) is 9.05 Å². The Morgan fingerprint density at radius 1 is 0.660 bits per heavy atom. The van der Waals surface area contributed by atoms with Gasteiger partial charge in [-0.1, -0.05) is 0 Å². The molecule has 0 N–H and O–H groups in total. The molecular formula is C32H52GeN2O10P2. The first-order valence-electron chi connectivity index (χ1n) is 15.8. The normalized spacial score (nSPS) is 15.2. The van der Waals surface area contributed by atoms with E-state index in [1.807, 2.05) is 90.6 Å². The Kier molecular flexibility index (Phi) is 15.9. The van der Waals surface area contributed by atoms with Crippen LogP contribution in [0, 0.1) is 0 Å².